The number of hydrogen-bond acceptors (Lipinski definition) is 11. The van der Waals surface area contributed by atoms with Gasteiger partial charge in [0.05, 0.1) is 39.6 Å². The number of benzene rings is 3. The first kappa shape index (κ1) is 40.8. The predicted molar refractivity (Wildman–Crippen MR) is 204 cm³/mol. The molecule has 3 aromatic carbocycles. The van der Waals surface area contributed by atoms with Crippen LogP contribution < -0.4 is 10.1 Å². The van der Waals surface area contributed by atoms with Crippen molar-refractivity contribution in [2.24, 2.45) is 0 Å². The molecule has 3 aromatic rings. The number of fused-ring (bicyclic) bond motifs is 1. The molecule has 2 amide bonds. The number of phenolic OH excluding ortho intramolecular Hbond substituents is 2. The number of amides is 2. The number of phenols is 2. The van der Waals surface area contributed by atoms with Gasteiger partial charge in [0, 0.05) is 70.5 Å². The second-order valence-corrected chi connectivity index (χ2v) is 14.7. The number of nitrogens with zero attached hydrogens (tertiary/aromatic N) is 3. The van der Waals surface area contributed by atoms with Crippen LogP contribution in [0.3, 0.4) is 0 Å². The molecule has 294 valence electrons. The molecule has 0 unspecified atom stereocenters. The Bertz CT molecular complexity index is 1670. The van der Waals surface area contributed by atoms with Gasteiger partial charge in [-0.2, -0.15) is 0 Å². The fourth-order valence-electron chi connectivity index (χ4n) is 6.40. The van der Waals surface area contributed by atoms with Gasteiger partial charge < -0.3 is 44.1 Å². The molecule has 1 saturated heterocycles. The monoisotopic (exact) mass is 748 g/mol. The summed E-state index contributed by atoms with van der Waals surface area (Å²) in [6.45, 7) is 17.2. The molecule has 0 radical (unpaired) electrons. The first-order valence-corrected chi connectivity index (χ1v) is 18.7. The molecule has 0 aromatic heterocycles. The van der Waals surface area contributed by atoms with Crippen molar-refractivity contribution >= 4 is 12.0 Å². The Hall–Kier alpha value is -4.40. The lowest BCUT2D eigenvalue weighted by atomic mass is 10.1. The smallest absolute Gasteiger partial charge is 0.407 e. The zero-order chi connectivity index (χ0) is 38.5. The number of carbonyl (C=O) groups excluding carboxylic acids is 2. The highest BCUT2D eigenvalue weighted by Crippen LogP contribution is 2.40. The van der Waals surface area contributed by atoms with E-state index < -0.39 is 11.7 Å². The van der Waals surface area contributed by atoms with Crippen molar-refractivity contribution in [3.8, 4) is 17.2 Å². The molecule has 5 rings (SSSR count). The Balaban J connectivity index is 0.969. The predicted octanol–water partition coefficient (Wildman–Crippen LogP) is 4.83. The maximum absolute atomic E-state index is 13.9. The Morgan fingerprint density at radius 2 is 1.41 bits per heavy atom. The van der Waals surface area contributed by atoms with E-state index in [4.69, 9.17) is 23.7 Å². The van der Waals surface area contributed by atoms with Crippen LogP contribution in [-0.4, -0.2) is 121 Å². The largest absolute Gasteiger partial charge is 0.507 e. The van der Waals surface area contributed by atoms with Crippen molar-refractivity contribution in [2.45, 2.75) is 59.5 Å². The lowest BCUT2D eigenvalue weighted by Gasteiger charge is -2.34. The standard InChI is InChI=1S/C41H56N4O9/c1-30-35(46)25-36(47)37(38(30)53-29-31-8-6-5-7-9-31)39(48)45-27-33-11-10-32(24-34(33)28-45)26-44-15-13-43(14-16-44)17-19-51-21-23-52-22-20-50-18-12-42-40(49)54-41(2,3)4/h5-11,24-25,46-47H,12-23,26-29H2,1-4H3,(H,42,49). The number of hydrogen-bond donors (Lipinski definition) is 3. The Kier molecular flexibility index (Phi) is 14.9. The molecule has 0 aliphatic carbocycles. The number of aromatic hydroxyl groups is 2. The van der Waals surface area contributed by atoms with Crippen LogP contribution >= 0.6 is 0 Å². The molecule has 2 heterocycles. The third kappa shape index (κ3) is 12.3. The van der Waals surface area contributed by atoms with Crippen LogP contribution in [0.1, 0.15) is 58.9 Å². The van der Waals surface area contributed by atoms with E-state index in [9.17, 15) is 19.8 Å². The SMILES string of the molecule is Cc1c(O)cc(O)c(C(=O)N2Cc3ccc(CN4CCN(CCOCCOCCOCCNC(=O)OC(C)(C)C)CC4)cc3C2)c1OCc1ccccc1. The molecule has 3 N–H and O–H groups in total. The third-order valence-corrected chi connectivity index (χ3v) is 9.28. The van der Waals surface area contributed by atoms with Crippen LogP contribution in [0.4, 0.5) is 4.79 Å². The summed E-state index contributed by atoms with van der Waals surface area (Å²) >= 11 is 0. The van der Waals surface area contributed by atoms with Gasteiger partial charge in [0.15, 0.2) is 0 Å². The van der Waals surface area contributed by atoms with Crippen LogP contribution in [0.2, 0.25) is 0 Å². The highest BCUT2D eigenvalue weighted by atomic mass is 16.6. The van der Waals surface area contributed by atoms with Crippen molar-refractivity contribution < 1.29 is 43.5 Å². The molecule has 1 fully saturated rings. The van der Waals surface area contributed by atoms with Crippen LogP contribution in [-0.2, 0) is 45.2 Å². The van der Waals surface area contributed by atoms with E-state index in [1.54, 1.807) is 11.8 Å². The average Bonchev–Trinajstić information content (AvgIpc) is 3.57. The normalized spacial score (nSPS) is 14.9. The number of piperazine rings is 1. The molecule has 13 nitrogen and oxygen atoms in total. The van der Waals surface area contributed by atoms with E-state index in [1.807, 2.05) is 51.1 Å². The van der Waals surface area contributed by atoms with Gasteiger partial charge in [-0.15, -0.1) is 0 Å². The molecule has 2 aliphatic rings. The van der Waals surface area contributed by atoms with Gasteiger partial charge >= 0.3 is 6.09 Å². The van der Waals surface area contributed by atoms with E-state index in [0.29, 0.717) is 64.8 Å². The first-order valence-electron chi connectivity index (χ1n) is 18.7. The minimum Gasteiger partial charge on any atom is -0.507 e. The number of ether oxygens (including phenoxy) is 5. The van der Waals surface area contributed by atoms with Gasteiger partial charge in [-0.25, -0.2) is 4.79 Å². The zero-order valence-corrected chi connectivity index (χ0v) is 32.1. The first-order chi connectivity index (χ1) is 26.0. The highest BCUT2D eigenvalue weighted by molar-refractivity contribution is 6.00. The lowest BCUT2D eigenvalue weighted by molar-refractivity contribution is 0.00749. The molecular weight excluding hydrogens is 692 g/mol. The number of alkyl carbamates (subject to hydrolysis) is 1. The molecule has 13 heteroatoms. The van der Waals surface area contributed by atoms with Crippen LogP contribution in [0.25, 0.3) is 0 Å². The highest BCUT2D eigenvalue weighted by Gasteiger charge is 2.31. The second-order valence-electron chi connectivity index (χ2n) is 14.7. The molecule has 54 heavy (non-hydrogen) atoms. The maximum Gasteiger partial charge on any atom is 0.407 e. The van der Waals surface area contributed by atoms with E-state index in [-0.39, 0.29) is 35.3 Å². The van der Waals surface area contributed by atoms with E-state index in [1.165, 1.54) is 11.6 Å². The lowest BCUT2D eigenvalue weighted by Crippen LogP contribution is -2.46. The van der Waals surface area contributed by atoms with E-state index >= 15 is 0 Å². The van der Waals surface area contributed by atoms with E-state index in [0.717, 1.165) is 56.0 Å². The van der Waals surface area contributed by atoms with Crippen molar-refractivity contribution in [1.29, 1.82) is 0 Å². The summed E-state index contributed by atoms with van der Waals surface area (Å²) in [6.07, 6.45) is -0.450. The summed E-state index contributed by atoms with van der Waals surface area (Å²) in [7, 11) is 0. The van der Waals surface area contributed by atoms with Crippen LogP contribution in [0, 0.1) is 6.92 Å². The fourth-order valence-corrected chi connectivity index (χ4v) is 6.40. The zero-order valence-electron chi connectivity index (χ0n) is 32.1. The molecule has 0 bridgehead atoms. The van der Waals surface area contributed by atoms with Crippen molar-refractivity contribution in [1.82, 2.24) is 20.0 Å². The number of carbonyl (C=O) groups is 2. The fraction of sp³-hybridized carbons (Fsp3) is 0.512. The minimum absolute atomic E-state index is 0.0654. The quantitative estimate of drug-likeness (QED) is 0.154. The maximum atomic E-state index is 13.9. The Morgan fingerprint density at radius 3 is 2.11 bits per heavy atom. The van der Waals surface area contributed by atoms with Crippen molar-refractivity contribution in [3.63, 3.8) is 0 Å². The Labute approximate surface area is 318 Å². The topological polar surface area (TPSA) is 142 Å². The second kappa shape index (κ2) is 19.8. The van der Waals surface area contributed by atoms with E-state index in [2.05, 4.69) is 33.3 Å². The van der Waals surface area contributed by atoms with Gasteiger partial charge in [-0.05, 0) is 49.9 Å². The summed E-state index contributed by atoms with van der Waals surface area (Å²) < 4.78 is 28.0. The van der Waals surface area contributed by atoms with Crippen molar-refractivity contribution in [3.05, 3.63) is 88.0 Å². The molecule has 0 atom stereocenters. The van der Waals surface area contributed by atoms with Crippen LogP contribution in [0.5, 0.6) is 17.2 Å². The minimum atomic E-state index is -0.519. The molecule has 0 saturated carbocycles. The summed E-state index contributed by atoms with van der Waals surface area (Å²) in [5.74, 6) is -0.569. The Morgan fingerprint density at radius 1 is 0.759 bits per heavy atom. The van der Waals surface area contributed by atoms with Crippen LogP contribution in [0.15, 0.2) is 54.6 Å². The molecular formula is C41H56N4O9. The van der Waals surface area contributed by atoms with Gasteiger partial charge in [-0.1, -0.05) is 48.5 Å². The van der Waals surface area contributed by atoms with Crippen molar-refractivity contribution in [2.75, 3.05) is 78.9 Å². The summed E-state index contributed by atoms with van der Waals surface area (Å²) in [6, 6.07) is 17.2. The van der Waals surface area contributed by atoms with Gasteiger partial charge in [-0.3, -0.25) is 14.6 Å². The molecule has 0 spiro atoms. The summed E-state index contributed by atoms with van der Waals surface area (Å²) in [4.78, 5) is 32.0. The molecule has 2 aliphatic heterocycles. The van der Waals surface area contributed by atoms with Gasteiger partial charge in [0.2, 0.25) is 0 Å². The third-order valence-electron chi connectivity index (χ3n) is 9.28. The van der Waals surface area contributed by atoms with Gasteiger partial charge in [0.1, 0.15) is 35.0 Å². The summed E-state index contributed by atoms with van der Waals surface area (Å²) in [5.41, 5.74) is 4.26. The number of nitrogens with one attached hydrogen (secondary N) is 1. The summed E-state index contributed by atoms with van der Waals surface area (Å²) in [5, 5.41) is 23.9. The average molecular weight is 749 g/mol. The number of rotatable bonds is 18. The van der Waals surface area contributed by atoms with Gasteiger partial charge in [0.25, 0.3) is 5.91 Å².